The van der Waals surface area contributed by atoms with E-state index < -0.39 is 41.5 Å². The molecule has 18 heavy (non-hydrogen) atoms. The Kier molecular flexibility index (Phi) is 4.13. The average Bonchev–Trinajstić information content (AvgIpc) is 2.69. The first-order valence-electron chi connectivity index (χ1n) is 4.70. The summed E-state index contributed by atoms with van der Waals surface area (Å²) in [4.78, 5) is 20.4. The molecule has 0 aliphatic carbocycles. The van der Waals surface area contributed by atoms with Crippen molar-refractivity contribution < 1.29 is 28.3 Å². The van der Waals surface area contributed by atoms with Gasteiger partial charge in [-0.2, -0.15) is 0 Å². The molecular formula is C8H9F2N3O5. The van der Waals surface area contributed by atoms with Crippen molar-refractivity contribution in [3.05, 3.63) is 16.3 Å². The third-order valence-electron chi connectivity index (χ3n) is 1.98. The molecule has 0 unspecified atom stereocenters. The van der Waals surface area contributed by atoms with E-state index in [0.29, 0.717) is 0 Å². The summed E-state index contributed by atoms with van der Waals surface area (Å²) in [6.07, 6.45) is -1.99. The number of carbonyl (C=O) groups is 1. The van der Waals surface area contributed by atoms with Gasteiger partial charge in [0.05, 0.1) is 4.92 Å². The molecule has 1 atom stereocenters. The minimum atomic E-state index is -2.81. The van der Waals surface area contributed by atoms with Crippen LogP contribution in [0.25, 0.3) is 0 Å². The zero-order chi connectivity index (χ0) is 13.9. The third kappa shape index (κ3) is 3.12. The second-order valence-corrected chi connectivity index (χ2v) is 3.27. The summed E-state index contributed by atoms with van der Waals surface area (Å²) >= 11 is 0. The van der Waals surface area contributed by atoms with Crippen LogP contribution in [0.3, 0.4) is 0 Å². The zero-order valence-corrected chi connectivity index (χ0v) is 9.12. The molecule has 8 nitrogen and oxygen atoms in total. The fourth-order valence-corrected chi connectivity index (χ4v) is 1.05. The van der Waals surface area contributed by atoms with Gasteiger partial charge in [-0.15, -0.1) is 5.10 Å². The molecule has 100 valence electrons. The molecule has 0 aliphatic heterocycles. The quantitative estimate of drug-likeness (QED) is 0.609. The van der Waals surface area contributed by atoms with Gasteiger partial charge in [-0.25, -0.2) is 18.3 Å². The fraction of sp³-hybridized carbons (Fsp3) is 0.500. The van der Waals surface area contributed by atoms with Crippen molar-refractivity contribution in [2.45, 2.75) is 19.4 Å². The van der Waals surface area contributed by atoms with Crippen LogP contribution in [0, 0.1) is 10.1 Å². The number of rotatable bonds is 6. The van der Waals surface area contributed by atoms with Crippen molar-refractivity contribution in [1.29, 1.82) is 0 Å². The lowest BCUT2D eigenvalue weighted by Gasteiger charge is -2.04. The standard InChI is InChI=1S/C8H9F2N3O5/c1-4(8(14)15)12-2-5(13(16)17)7(11-12)18-3-6(9)10/h2,4,6H,3H2,1H3,(H,14,15)/t4-/m0/s1. The lowest BCUT2D eigenvalue weighted by atomic mass is 10.3. The summed E-state index contributed by atoms with van der Waals surface area (Å²) < 4.78 is 29.1. The summed E-state index contributed by atoms with van der Waals surface area (Å²) in [5.41, 5.74) is -0.663. The molecule has 0 saturated carbocycles. The van der Waals surface area contributed by atoms with Gasteiger partial charge in [-0.1, -0.05) is 0 Å². The predicted molar refractivity (Wildman–Crippen MR) is 52.7 cm³/mol. The van der Waals surface area contributed by atoms with E-state index in [2.05, 4.69) is 9.84 Å². The highest BCUT2D eigenvalue weighted by Crippen LogP contribution is 2.26. The van der Waals surface area contributed by atoms with E-state index in [1.165, 1.54) is 6.92 Å². The molecule has 1 heterocycles. The van der Waals surface area contributed by atoms with E-state index in [1.54, 1.807) is 0 Å². The van der Waals surface area contributed by atoms with Crippen LogP contribution in [0.5, 0.6) is 5.88 Å². The van der Waals surface area contributed by atoms with Gasteiger partial charge in [0.25, 0.3) is 6.43 Å². The molecule has 0 aromatic carbocycles. The van der Waals surface area contributed by atoms with Gasteiger partial charge in [0.1, 0.15) is 12.2 Å². The van der Waals surface area contributed by atoms with E-state index in [4.69, 9.17) is 5.11 Å². The second-order valence-electron chi connectivity index (χ2n) is 3.27. The van der Waals surface area contributed by atoms with Gasteiger partial charge in [0.15, 0.2) is 6.61 Å². The van der Waals surface area contributed by atoms with Gasteiger partial charge in [-0.3, -0.25) is 10.1 Å². The molecule has 0 spiro atoms. The van der Waals surface area contributed by atoms with Crippen LogP contribution in [-0.2, 0) is 4.79 Å². The van der Waals surface area contributed by atoms with Crippen LogP contribution in [-0.4, -0.2) is 38.8 Å². The van der Waals surface area contributed by atoms with Crippen LogP contribution in [0.2, 0.25) is 0 Å². The van der Waals surface area contributed by atoms with E-state index >= 15 is 0 Å². The number of nitrogens with zero attached hydrogens (tertiary/aromatic N) is 3. The van der Waals surface area contributed by atoms with Gasteiger partial charge in [0, 0.05) is 0 Å². The SMILES string of the molecule is C[C@@H](C(=O)O)n1cc([N+](=O)[O-])c(OCC(F)F)n1. The highest BCUT2D eigenvalue weighted by Gasteiger charge is 2.26. The Hall–Kier alpha value is -2.26. The molecule has 0 amide bonds. The number of hydrogen-bond donors (Lipinski definition) is 1. The monoisotopic (exact) mass is 265 g/mol. The maximum atomic E-state index is 11.9. The smallest absolute Gasteiger partial charge is 0.350 e. The predicted octanol–water partition coefficient (Wildman–Crippen LogP) is 1.08. The van der Waals surface area contributed by atoms with Crippen molar-refractivity contribution in [2.75, 3.05) is 6.61 Å². The summed E-state index contributed by atoms with van der Waals surface area (Å²) in [6.45, 7) is 0.176. The molecule has 10 heteroatoms. The normalized spacial score (nSPS) is 12.4. The molecule has 0 aliphatic rings. The highest BCUT2D eigenvalue weighted by atomic mass is 19.3. The lowest BCUT2D eigenvalue weighted by Crippen LogP contribution is -2.16. The topological polar surface area (TPSA) is 107 Å². The van der Waals surface area contributed by atoms with E-state index in [1.807, 2.05) is 0 Å². The molecular weight excluding hydrogens is 256 g/mol. The first-order chi connectivity index (χ1) is 8.32. The molecule has 0 fully saturated rings. The number of aliphatic carboxylic acids is 1. The molecule has 0 saturated heterocycles. The van der Waals surface area contributed by atoms with Crippen molar-refractivity contribution in [1.82, 2.24) is 9.78 Å². The molecule has 0 radical (unpaired) electrons. The number of nitro groups is 1. The minimum absolute atomic E-state index is 0.631. The fourth-order valence-electron chi connectivity index (χ4n) is 1.05. The number of hydrogen-bond acceptors (Lipinski definition) is 5. The Morgan fingerprint density at radius 3 is 2.78 bits per heavy atom. The largest absolute Gasteiger partial charge is 0.480 e. The summed E-state index contributed by atoms with van der Waals surface area (Å²) in [7, 11) is 0. The first kappa shape index (κ1) is 13.8. The Bertz CT molecular complexity index is 462. The second kappa shape index (κ2) is 5.38. The van der Waals surface area contributed by atoms with Gasteiger partial charge in [0.2, 0.25) is 0 Å². The third-order valence-corrected chi connectivity index (χ3v) is 1.98. The first-order valence-corrected chi connectivity index (χ1v) is 4.70. The molecule has 1 aromatic rings. The van der Waals surface area contributed by atoms with Crippen molar-refractivity contribution in [3.8, 4) is 5.88 Å². The van der Waals surface area contributed by atoms with Gasteiger partial charge < -0.3 is 9.84 Å². The Labute approximate surface area is 98.9 Å². The van der Waals surface area contributed by atoms with Crippen molar-refractivity contribution in [3.63, 3.8) is 0 Å². The zero-order valence-electron chi connectivity index (χ0n) is 9.12. The van der Waals surface area contributed by atoms with E-state index in [9.17, 15) is 23.7 Å². The summed E-state index contributed by atoms with van der Waals surface area (Å²) in [6, 6.07) is -1.17. The van der Waals surface area contributed by atoms with Crippen molar-refractivity contribution >= 4 is 11.7 Å². The van der Waals surface area contributed by atoms with Crippen molar-refractivity contribution in [2.24, 2.45) is 0 Å². The Morgan fingerprint density at radius 2 is 2.33 bits per heavy atom. The van der Waals surface area contributed by atoms with Crippen LogP contribution in [0.4, 0.5) is 14.5 Å². The molecule has 1 rings (SSSR count). The number of alkyl halides is 2. The Balaban J connectivity index is 3.01. The van der Waals surface area contributed by atoms with E-state index in [-0.39, 0.29) is 0 Å². The van der Waals surface area contributed by atoms with Crippen LogP contribution >= 0.6 is 0 Å². The van der Waals surface area contributed by atoms with Gasteiger partial charge >= 0.3 is 17.5 Å². The van der Waals surface area contributed by atoms with Crippen LogP contribution < -0.4 is 4.74 Å². The minimum Gasteiger partial charge on any atom is -0.480 e. The maximum Gasteiger partial charge on any atom is 0.350 e. The number of halogens is 2. The van der Waals surface area contributed by atoms with Crippen LogP contribution in [0.15, 0.2) is 6.20 Å². The number of carboxylic acids is 1. The highest BCUT2D eigenvalue weighted by molar-refractivity contribution is 5.71. The number of aromatic nitrogens is 2. The average molecular weight is 265 g/mol. The molecule has 0 bridgehead atoms. The van der Waals surface area contributed by atoms with Crippen LogP contribution in [0.1, 0.15) is 13.0 Å². The Morgan fingerprint density at radius 1 is 1.72 bits per heavy atom. The van der Waals surface area contributed by atoms with Gasteiger partial charge in [-0.05, 0) is 6.92 Å². The lowest BCUT2D eigenvalue weighted by molar-refractivity contribution is -0.386. The summed E-state index contributed by atoms with van der Waals surface area (Å²) in [5.74, 6) is -1.90. The summed E-state index contributed by atoms with van der Waals surface area (Å²) in [5, 5.41) is 22.8. The van der Waals surface area contributed by atoms with E-state index in [0.717, 1.165) is 10.9 Å². The maximum absolute atomic E-state index is 11.9. The molecule has 1 N–H and O–H groups in total. The number of carboxylic acid groups (broad SMARTS) is 1. The molecule has 1 aromatic heterocycles. The number of ether oxygens (including phenoxy) is 1.